The maximum atomic E-state index is 6.21. The van der Waals surface area contributed by atoms with E-state index in [4.69, 9.17) is 22.1 Å². The zero-order valence-corrected chi connectivity index (χ0v) is 16.5. The van der Waals surface area contributed by atoms with Gasteiger partial charge in [0.15, 0.2) is 17.0 Å². The van der Waals surface area contributed by atoms with Gasteiger partial charge in [0.25, 0.3) is 0 Å². The van der Waals surface area contributed by atoms with Crippen molar-refractivity contribution in [2.75, 3.05) is 25.1 Å². The van der Waals surface area contributed by atoms with Crippen molar-refractivity contribution < 1.29 is 4.74 Å². The number of nitrogens with two attached hydrogens (primary N) is 1. The van der Waals surface area contributed by atoms with E-state index in [1.165, 1.54) is 0 Å². The van der Waals surface area contributed by atoms with Crippen molar-refractivity contribution in [1.82, 2.24) is 25.0 Å². The van der Waals surface area contributed by atoms with E-state index in [-0.39, 0.29) is 11.3 Å². The van der Waals surface area contributed by atoms with E-state index in [9.17, 15) is 0 Å². The summed E-state index contributed by atoms with van der Waals surface area (Å²) < 4.78 is 6.93. The molecule has 1 aliphatic rings. The van der Waals surface area contributed by atoms with Crippen molar-refractivity contribution >= 4 is 34.4 Å². The predicted octanol–water partition coefficient (Wildman–Crippen LogP) is 1.89. The number of hydrogen-bond donors (Lipinski definition) is 1. The molecule has 9 nitrogen and oxygen atoms in total. The molecule has 0 aliphatic carbocycles. The van der Waals surface area contributed by atoms with Crippen molar-refractivity contribution in [2.45, 2.75) is 25.9 Å². The summed E-state index contributed by atoms with van der Waals surface area (Å²) in [5.41, 5.74) is 8.01. The van der Waals surface area contributed by atoms with Gasteiger partial charge in [-0.15, -0.1) is 5.10 Å². The Morgan fingerprint density at radius 1 is 1.32 bits per heavy atom. The molecule has 0 radical (unpaired) electrons. The maximum Gasteiger partial charge on any atom is 0.226 e. The Balaban J connectivity index is 1.64. The Hall–Kier alpha value is -2.94. The summed E-state index contributed by atoms with van der Waals surface area (Å²) in [6.45, 7) is 3.83. The number of benzene rings is 1. The quantitative estimate of drug-likeness (QED) is 0.395. The van der Waals surface area contributed by atoms with Crippen molar-refractivity contribution in [3.63, 3.8) is 0 Å². The van der Waals surface area contributed by atoms with Gasteiger partial charge >= 0.3 is 0 Å². The highest BCUT2D eigenvalue weighted by Crippen LogP contribution is 2.27. The second kappa shape index (κ2) is 7.59. The Morgan fingerprint density at radius 2 is 2.11 bits per heavy atom. The van der Waals surface area contributed by atoms with Crippen LogP contribution in [-0.4, -0.2) is 57.0 Å². The zero-order valence-electron chi connectivity index (χ0n) is 15.7. The van der Waals surface area contributed by atoms with Crippen LogP contribution in [0.3, 0.4) is 0 Å². The number of methoxy groups -OCH3 is 1. The van der Waals surface area contributed by atoms with Crippen LogP contribution in [0.4, 0.5) is 5.82 Å². The van der Waals surface area contributed by atoms with E-state index in [0.29, 0.717) is 35.9 Å². The molecule has 1 aromatic carbocycles. The smallest absolute Gasteiger partial charge is 0.226 e. The lowest BCUT2D eigenvalue weighted by Gasteiger charge is -2.16. The van der Waals surface area contributed by atoms with Crippen LogP contribution < -0.4 is 15.4 Å². The third-order valence-electron chi connectivity index (χ3n) is 4.66. The third-order valence-corrected chi connectivity index (χ3v) is 4.83. The molecule has 3 aromatic rings. The first kappa shape index (κ1) is 18.4. The van der Waals surface area contributed by atoms with Gasteiger partial charge in [0, 0.05) is 13.1 Å². The molecule has 1 atom stereocenters. The van der Waals surface area contributed by atoms with E-state index in [1.807, 2.05) is 24.3 Å². The van der Waals surface area contributed by atoms with Gasteiger partial charge in [-0.2, -0.15) is 9.97 Å². The molecule has 4 rings (SSSR count). The Morgan fingerprint density at radius 3 is 2.82 bits per heavy atom. The van der Waals surface area contributed by atoms with Crippen molar-refractivity contribution in [3.05, 3.63) is 35.1 Å². The van der Waals surface area contributed by atoms with E-state index in [1.54, 1.807) is 18.7 Å². The number of nitrogens with zero attached hydrogens (tertiary/aromatic N) is 7. The standard InChI is InChI=1S/C18H21ClN8O/c1-11(20)21-13-7-8-26(10-13)16-15-17(23-18(19)22-16)27(25-24-15)9-12-3-5-14(28-2)6-4-12/h3-6,13H,7-10H2,1-2H3,(H2,20,21)/t13-/m0/s1. The van der Waals surface area contributed by atoms with Crippen molar-refractivity contribution in [1.29, 1.82) is 0 Å². The van der Waals surface area contributed by atoms with Gasteiger partial charge in [0.1, 0.15) is 5.75 Å². The second-order valence-corrected chi connectivity index (χ2v) is 7.08. The molecule has 28 heavy (non-hydrogen) atoms. The number of amidine groups is 1. The minimum atomic E-state index is 0.142. The van der Waals surface area contributed by atoms with Crippen LogP contribution >= 0.6 is 11.6 Å². The number of rotatable bonds is 5. The summed E-state index contributed by atoms with van der Waals surface area (Å²) in [7, 11) is 1.64. The highest BCUT2D eigenvalue weighted by Gasteiger charge is 2.27. The highest BCUT2D eigenvalue weighted by molar-refractivity contribution is 6.28. The monoisotopic (exact) mass is 400 g/mol. The molecule has 10 heteroatoms. The average molecular weight is 401 g/mol. The Bertz CT molecular complexity index is 1010. The molecule has 2 aromatic heterocycles. The van der Waals surface area contributed by atoms with Crippen LogP contribution in [0.15, 0.2) is 29.3 Å². The van der Waals surface area contributed by atoms with Gasteiger partial charge in [-0.25, -0.2) is 4.68 Å². The van der Waals surface area contributed by atoms with E-state index in [2.05, 4.69) is 30.2 Å². The fraction of sp³-hybridized carbons (Fsp3) is 0.389. The molecule has 1 saturated heterocycles. The normalized spacial score (nSPS) is 17.5. The largest absolute Gasteiger partial charge is 0.497 e. The number of anilines is 1. The maximum absolute atomic E-state index is 6.21. The molecule has 0 spiro atoms. The van der Waals surface area contributed by atoms with Gasteiger partial charge in [-0.1, -0.05) is 17.3 Å². The van der Waals surface area contributed by atoms with Crippen molar-refractivity contribution in [2.24, 2.45) is 10.7 Å². The third kappa shape index (κ3) is 3.70. The fourth-order valence-electron chi connectivity index (χ4n) is 3.37. The predicted molar refractivity (Wildman–Crippen MR) is 108 cm³/mol. The molecule has 0 amide bonds. The van der Waals surface area contributed by atoms with Crippen molar-refractivity contribution in [3.8, 4) is 5.75 Å². The summed E-state index contributed by atoms with van der Waals surface area (Å²) in [6, 6.07) is 7.92. The van der Waals surface area contributed by atoms with Gasteiger partial charge in [-0.3, -0.25) is 4.99 Å². The molecule has 1 fully saturated rings. The number of ether oxygens (including phenoxy) is 1. The molecular weight excluding hydrogens is 380 g/mol. The minimum absolute atomic E-state index is 0.142. The molecular formula is C18H21ClN8O. The second-order valence-electron chi connectivity index (χ2n) is 6.74. The number of halogens is 1. The molecule has 2 N–H and O–H groups in total. The summed E-state index contributed by atoms with van der Waals surface area (Å²) in [5.74, 6) is 2.07. The first-order valence-corrected chi connectivity index (χ1v) is 9.36. The lowest BCUT2D eigenvalue weighted by atomic mass is 10.2. The molecule has 0 unspecified atom stereocenters. The van der Waals surface area contributed by atoms with Crippen LogP contribution in [-0.2, 0) is 6.54 Å². The average Bonchev–Trinajstić information content (AvgIpc) is 3.29. The molecule has 3 heterocycles. The van der Waals surface area contributed by atoms with Gasteiger partial charge < -0.3 is 15.4 Å². The first-order valence-electron chi connectivity index (χ1n) is 8.98. The number of aliphatic imine (C=N–C) groups is 1. The van der Waals surface area contributed by atoms with Crippen LogP contribution in [0.1, 0.15) is 18.9 Å². The van der Waals surface area contributed by atoms with Gasteiger partial charge in [-0.05, 0) is 42.6 Å². The SMILES string of the molecule is COc1ccc(Cn2nnc3c(N4CC[C@H](N=C(C)N)C4)nc(Cl)nc32)cc1. The van der Waals surface area contributed by atoms with E-state index < -0.39 is 0 Å². The summed E-state index contributed by atoms with van der Waals surface area (Å²) in [4.78, 5) is 15.3. The lowest BCUT2D eigenvalue weighted by molar-refractivity contribution is 0.414. The first-order chi connectivity index (χ1) is 13.5. The summed E-state index contributed by atoms with van der Waals surface area (Å²) >= 11 is 6.21. The summed E-state index contributed by atoms with van der Waals surface area (Å²) in [5, 5.41) is 8.77. The molecule has 0 bridgehead atoms. The topological polar surface area (TPSA) is 107 Å². The van der Waals surface area contributed by atoms with E-state index >= 15 is 0 Å². The summed E-state index contributed by atoms with van der Waals surface area (Å²) in [6.07, 6.45) is 0.900. The number of fused-ring (bicyclic) bond motifs is 1. The zero-order chi connectivity index (χ0) is 19.7. The van der Waals surface area contributed by atoms with Gasteiger partial charge in [0.2, 0.25) is 5.28 Å². The van der Waals surface area contributed by atoms with Crippen LogP contribution in [0.25, 0.3) is 11.2 Å². The van der Waals surface area contributed by atoms with Crippen LogP contribution in [0, 0.1) is 0 Å². The number of aromatic nitrogens is 5. The minimum Gasteiger partial charge on any atom is -0.497 e. The lowest BCUT2D eigenvalue weighted by Crippen LogP contribution is -2.23. The van der Waals surface area contributed by atoms with Crippen LogP contribution in [0.5, 0.6) is 5.75 Å². The highest BCUT2D eigenvalue weighted by atomic mass is 35.5. The fourth-order valence-corrected chi connectivity index (χ4v) is 3.53. The van der Waals surface area contributed by atoms with Crippen LogP contribution in [0.2, 0.25) is 5.28 Å². The Labute approximate surface area is 167 Å². The van der Waals surface area contributed by atoms with Gasteiger partial charge in [0.05, 0.1) is 25.5 Å². The Kier molecular flexibility index (Phi) is 4.99. The molecule has 146 valence electrons. The molecule has 0 saturated carbocycles. The number of hydrogen-bond acceptors (Lipinski definition) is 7. The van der Waals surface area contributed by atoms with E-state index in [0.717, 1.165) is 24.3 Å². The molecule has 1 aliphatic heterocycles.